The maximum atomic E-state index is 13.1. The van der Waals surface area contributed by atoms with Crippen LogP contribution in [-0.4, -0.2) is 44.1 Å². The molecule has 0 bridgehead atoms. The monoisotopic (exact) mass is 458 g/mol. The first-order valence-electron chi connectivity index (χ1n) is 10.5. The molecule has 34 heavy (non-hydrogen) atoms. The van der Waals surface area contributed by atoms with E-state index < -0.39 is 11.9 Å². The van der Waals surface area contributed by atoms with Gasteiger partial charge < -0.3 is 15.4 Å². The number of hydrogen-bond acceptors (Lipinski definition) is 7. The van der Waals surface area contributed by atoms with Crippen molar-refractivity contribution in [2.24, 2.45) is 0 Å². The van der Waals surface area contributed by atoms with Crippen molar-refractivity contribution in [3.05, 3.63) is 71.5 Å². The Labute approximate surface area is 195 Å². The number of benzene rings is 1. The van der Waals surface area contributed by atoms with Crippen LogP contribution in [0.5, 0.6) is 0 Å². The third-order valence-electron chi connectivity index (χ3n) is 4.95. The van der Waals surface area contributed by atoms with Gasteiger partial charge >= 0.3 is 5.97 Å². The van der Waals surface area contributed by atoms with E-state index in [9.17, 15) is 14.4 Å². The molecule has 0 aliphatic carbocycles. The van der Waals surface area contributed by atoms with Crippen molar-refractivity contribution in [1.29, 1.82) is 0 Å². The van der Waals surface area contributed by atoms with Crippen molar-refractivity contribution in [3.63, 3.8) is 0 Å². The molecule has 0 radical (unpaired) electrons. The van der Waals surface area contributed by atoms with Crippen LogP contribution in [0.25, 0.3) is 16.7 Å². The number of fused-ring (bicyclic) bond motifs is 1. The fourth-order valence-corrected chi connectivity index (χ4v) is 3.44. The number of carbonyl (C=O) groups is 3. The zero-order chi connectivity index (χ0) is 24.2. The van der Waals surface area contributed by atoms with E-state index in [1.54, 1.807) is 6.92 Å². The Morgan fingerprint density at radius 2 is 1.88 bits per heavy atom. The number of aryl methyl sites for hydroxylation is 1. The summed E-state index contributed by atoms with van der Waals surface area (Å²) in [5.41, 5.74) is 2.01. The highest BCUT2D eigenvalue weighted by atomic mass is 16.5. The quantitative estimate of drug-likeness (QED) is 0.423. The molecule has 3 aromatic heterocycles. The summed E-state index contributed by atoms with van der Waals surface area (Å²) in [6.07, 6.45) is 2.73. The van der Waals surface area contributed by atoms with Crippen LogP contribution >= 0.6 is 0 Å². The Kier molecular flexibility index (Phi) is 6.30. The fourth-order valence-electron chi connectivity index (χ4n) is 3.44. The van der Waals surface area contributed by atoms with E-state index in [1.165, 1.54) is 36.1 Å². The molecule has 172 valence electrons. The SMILES string of the molecule is CCOC(=O)c1cnn(-c2cc(C)c3ccccc3n2)c1NC(=O)c1ccnc(NC(C)=O)c1. The van der Waals surface area contributed by atoms with Gasteiger partial charge in [-0.3, -0.25) is 9.59 Å². The van der Waals surface area contributed by atoms with Crippen molar-refractivity contribution in [1.82, 2.24) is 19.7 Å². The average molecular weight is 458 g/mol. The summed E-state index contributed by atoms with van der Waals surface area (Å²) in [6.45, 7) is 5.14. The van der Waals surface area contributed by atoms with E-state index >= 15 is 0 Å². The van der Waals surface area contributed by atoms with Gasteiger partial charge in [0.05, 0.1) is 18.3 Å². The zero-order valence-electron chi connectivity index (χ0n) is 18.8. The lowest BCUT2D eigenvalue weighted by molar-refractivity contribution is -0.114. The van der Waals surface area contributed by atoms with Crippen LogP contribution in [0.3, 0.4) is 0 Å². The molecule has 10 nitrogen and oxygen atoms in total. The first kappa shape index (κ1) is 22.6. The number of carbonyl (C=O) groups excluding carboxylic acids is 3. The van der Waals surface area contributed by atoms with E-state index in [1.807, 2.05) is 37.3 Å². The lowest BCUT2D eigenvalue weighted by Gasteiger charge is -2.12. The zero-order valence-corrected chi connectivity index (χ0v) is 18.8. The molecule has 4 aromatic rings. The lowest BCUT2D eigenvalue weighted by Crippen LogP contribution is -2.19. The second-order valence-corrected chi connectivity index (χ2v) is 7.42. The van der Waals surface area contributed by atoms with E-state index in [4.69, 9.17) is 4.74 Å². The number of aromatic nitrogens is 4. The molecule has 4 rings (SSSR count). The largest absolute Gasteiger partial charge is 0.462 e. The van der Waals surface area contributed by atoms with E-state index in [2.05, 4.69) is 25.7 Å². The fraction of sp³-hybridized carbons (Fsp3) is 0.167. The molecule has 0 atom stereocenters. The number of nitrogens with one attached hydrogen (secondary N) is 2. The van der Waals surface area contributed by atoms with Crippen molar-refractivity contribution in [2.75, 3.05) is 17.2 Å². The number of hydrogen-bond donors (Lipinski definition) is 2. The van der Waals surface area contributed by atoms with Crippen LogP contribution in [0.1, 0.15) is 40.1 Å². The Hall–Kier alpha value is -4.60. The molecule has 0 unspecified atom stereocenters. The number of anilines is 2. The van der Waals surface area contributed by atoms with E-state index in [0.29, 0.717) is 5.82 Å². The van der Waals surface area contributed by atoms with Gasteiger partial charge in [-0.25, -0.2) is 14.8 Å². The Morgan fingerprint density at radius 1 is 1.09 bits per heavy atom. The van der Waals surface area contributed by atoms with E-state index in [0.717, 1.165) is 16.5 Å². The third kappa shape index (κ3) is 4.60. The predicted octanol–water partition coefficient (Wildman–Crippen LogP) is 3.51. The van der Waals surface area contributed by atoms with Crippen molar-refractivity contribution in [2.45, 2.75) is 20.8 Å². The topological polar surface area (TPSA) is 128 Å². The van der Waals surface area contributed by atoms with Crippen molar-refractivity contribution in [3.8, 4) is 5.82 Å². The smallest absolute Gasteiger partial charge is 0.343 e. The summed E-state index contributed by atoms with van der Waals surface area (Å²) >= 11 is 0. The summed E-state index contributed by atoms with van der Waals surface area (Å²) in [6, 6.07) is 12.4. The van der Waals surface area contributed by atoms with Crippen molar-refractivity contribution < 1.29 is 19.1 Å². The Morgan fingerprint density at radius 3 is 2.65 bits per heavy atom. The van der Waals surface area contributed by atoms with Crippen LogP contribution < -0.4 is 10.6 Å². The number of pyridine rings is 2. The van der Waals surface area contributed by atoms with Crippen LogP contribution in [-0.2, 0) is 9.53 Å². The Bertz CT molecular complexity index is 1410. The first-order chi connectivity index (χ1) is 16.4. The molecular formula is C24H22N6O4. The number of para-hydroxylation sites is 1. The Balaban J connectivity index is 1.77. The maximum absolute atomic E-state index is 13.1. The first-order valence-corrected chi connectivity index (χ1v) is 10.5. The molecule has 0 aliphatic heterocycles. The number of rotatable bonds is 6. The standard InChI is InChI=1S/C24H22N6O4/c1-4-34-24(33)18-13-26-30(21-11-14(2)17-7-5-6-8-19(17)28-21)22(18)29-23(32)16-9-10-25-20(12-16)27-15(3)31/h5-13H,4H2,1-3H3,(H,29,32)(H,25,27,31). The number of nitrogens with zero attached hydrogens (tertiary/aromatic N) is 4. The lowest BCUT2D eigenvalue weighted by atomic mass is 10.1. The van der Waals surface area contributed by atoms with Crippen molar-refractivity contribution >= 4 is 40.3 Å². The van der Waals surface area contributed by atoms with Gasteiger partial charge in [-0.15, -0.1) is 0 Å². The summed E-state index contributed by atoms with van der Waals surface area (Å²) in [5.74, 6) is -0.704. The highest BCUT2D eigenvalue weighted by Crippen LogP contribution is 2.25. The van der Waals surface area contributed by atoms with E-state index in [-0.39, 0.29) is 35.3 Å². The molecule has 2 N–H and O–H groups in total. The second-order valence-electron chi connectivity index (χ2n) is 7.42. The van der Waals surface area contributed by atoms with Gasteiger partial charge in [0.25, 0.3) is 5.91 Å². The molecule has 0 spiro atoms. The van der Waals surface area contributed by atoms with Gasteiger partial charge in [0, 0.05) is 24.1 Å². The molecule has 0 fully saturated rings. The molecule has 1 aromatic carbocycles. The third-order valence-corrected chi connectivity index (χ3v) is 4.95. The minimum absolute atomic E-state index is 0.0824. The predicted molar refractivity (Wildman–Crippen MR) is 126 cm³/mol. The van der Waals surface area contributed by atoms with Crippen LogP contribution in [0, 0.1) is 6.92 Å². The number of amides is 2. The molecule has 3 heterocycles. The van der Waals surface area contributed by atoms with Gasteiger partial charge in [-0.2, -0.15) is 9.78 Å². The van der Waals surface area contributed by atoms with Gasteiger partial charge in [-0.05, 0) is 43.7 Å². The maximum Gasteiger partial charge on any atom is 0.343 e. The number of esters is 1. The summed E-state index contributed by atoms with van der Waals surface area (Å²) < 4.78 is 6.53. The summed E-state index contributed by atoms with van der Waals surface area (Å²) in [7, 11) is 0. The molecule has 10 heteroatoms. The summed E-state index contributed by atoms with van der Waals surface area (Å²) in [4.78, 5) is 45.7. The summed E-state index contributed by atoms with van der Waals surface area (Å²) in [5, 5.41) is 10.6. The molecular weight excluding hydrogens is 436 g/mol. The van der Waals surface area contributed by atoms with Crippen LogP contribution in [0.15, 0.2) is 54.9 Å². The van der Waals surface area contributed by atoms with Crippen LogP contribution in [0.4, 0.5) is 11.6 Å². The highest BCUT2D eigenvalue weighted by molar-refractivity contribution is 6.08. The second kappa shape index (κ2) is 9.49. The minimum Gasteiger partial charge on any atom is -0.462 e. The van der Waals surface area contributed by atoms with Gasteiger partial charge in [-0.1, -0.05) is 18.2 Å². The van der Waals surface area contributed by atoms with Gasteiger partial charge in [0.15, 0.2) is 11.6 Å². The highest BCUT2D eigenvalue weighted by Gasteiger charge is 2.23. The average Bonchev–Trinajstić information content (AvgIpc) is 3.22. The number of ether oxygens (including phenoxy) is 1. The van der Waals surface area contributed by atoms with Crippen LogP contribution in [0.2, 0.25) is 0 Å². The molecule has 0 aliphatic rings. The van der Waals surface area contributed by atoms with Gasteiger partial charge in [0.1, 0.15) is 11.4 Å². The van der Waals surface area contributed by atoms with Gasteiger partial charge in [0.2, 0.25) is 5.91 Å². The molecule has 0 saturated carbocycles. The molecule has 2 amide bonds. The molecule has 0 saturated heterocycles. The minimum atomic E-state index is -0.629. The normalized spacial score (nSPS) is 10.7.